The van der Waals surface area contributed by atoms with E-state index in [1.54, 1.807) is 0 Å². The molecule has 12 rings (SSSR count). The molecule has 0 fully saturated rings. The van der Waals surface area contributed by atoms with Crippen molar-refractivity contribution in [2.24, 2.45) is 0 Å². The summed E-state index contributed by atoms with van der Waals surface area (Å²) in [7, 11) is 0. The highest BCUT2D eigenvalue weighted by Gasteiger charge is 2.41. The lowest BCUT2D eigenvalue weighted by molar-refractivity contribution is 0.659. The quantitative estimate of drug-likeness (QED) is 0.182. The van der Waals surface area contributed by atoms with Crippen LogP contribution in [0.15, 0.2) is 156 Å². The summed E-state index contributed by atoms with van der Waals surface area (Å²) in [6.45, 7) is 4.76. The van der Waals surface area contributed by atoms with Crippen molar-refractivity contribution in [3.63, 3.8) is 0 Å². The lowest BCUT2D eigenvalue weighted by atomic mass is 9.80. The Kier molecular flexibility index (Phi) is 5.08. The predicted octanol–water partition coefficient (Wildman–Crippen LogP) is 13.5. The first kappa shape index (κ1) is 27.4. The maximum absolute atomic E-state index is 6.92. The minimum Gasteiger partial charge on any atom is -0.455 e. The molecule has 238 valence electrons. The smallest absolute Gasteiger partial charge is 0.145 e. The summed E-state index contributed by atoms with van der Waals surface area (Å²) in [5.74, 6) is 0. The van der Waals surface area contributed by atoms with Gasteiger partial charge in [0.2, 0.25) is 0 Å². The van der Waals surface area contributed by atoms with Gasteiger partial charge in [0.05, 0.1) is 16.4 Å². The molecule has 8 aromatic carbocycles. The number of hydrogen-bond donors (Lipinski definition) is 0. The van der Waals surface area contributed by atoms with Gasteiger partial charge in [-0.2, -0.15) is 0 Å². The molecule has 0 atom stereocenters. The largest absolute Gasteiger partial charge is 0.455 e. The van der Waals surface area contributed by atoms with Gasteiger partial charge in [0.1, 0.15) is 11.2 Å². The molecule has 2 nitrogen and oxygen atoms in total. The van der Waals surface area contributed by atoms with E-state index in [4.69, 9.17) is 4.42 Å². The van der Waals surface area contributed by atoms with E-state index in [0.29, 0.717) is 0 Å². The third kappa shape index (κ3) is 3.33. The molecule has 2 heteroatoms. The number of hydrogen-bond acceptors (Lipinski definition) is 1. The van der Waals surface area contributed by atoms with Crippen LogP contribution in [0.2, 0.25) is 0 Å². The van der Waals surface area contributed by atoms with Gasteiger partial charge in [0.25, 0.3) is 0 Å². The van der Waals surface area contributed by atoms with Crippen LogP contribution >= 0.6 is 0 Å². The van der Waals surface area contributed by atoms with E-state index >= 15 is 0 Å². The van der Waals surface area contributed by atoms with Gasteiger partial charge in [0, 0.05) is 32.8 Å². The first-order valence-electron chi connectivity index (χ1n) is 17.9. The van der Waals surface area contributed by atoms with E-state index in [1.165, 1.54) is 99.0 Å². The van der Waals surface area contributed by atoms with Crippen molar-refractivity contribution in [1.82, 2.24) is 4.57 Å². The third-order valence-corrected chi connectivity index (χ3v) is 11.9. The summed E-state index contributed by atoms with van der Waals surface area (Å²) in [5.41, 5.74) is 18.3. The topological polar surface area (TPSA) is 18.1 Å². The van der Waals surface area contributed by atoms with Gasteiger partial charge in [0.15, 0.2) is 0 Å². The maximum atomic E-state index is 6.92. The summed E-state index contributed by atoms with van der Waals surface area (Å²) in [6, 6.07) is 55.8. The predicted molar refractivity (Wildman–Crippen MR) is 213 cm³/mol. The fourth-order valence-corrected chi connectivity index (χ4v) is 9.83. The van der Waals surface area contributed by atoms with Gasteiger partial charge < -0.3 is 8.98 Å². The summed E-state index contributed by atoms with van der Waals surface area (Å²) in [4.78, 5) is 0. The maximum Gasteiger partial charge on any atom is 0.145 e. The molecule has 10 aromatic rings. The molecule has 0 saturated heterocycles. The molecular formula is C49H31NO. The number of nitrogens with zero attached hydrogens (tertiary/aromatic N) is 1. The first-order chi connectivity index (χ1) is 25.1. The molecule has 0 bridgehead atoms. The van der Waals surface area contributed by atoms with Crippen molar-refractivity contribution in [1.29, 1.82) is 0 Å². The van der Waals surface area contributed by atoms with Gasteiger partial charge in [-0.25, -0.2) is 0 Å². The highest BCUT2D eigenvalue weighted by Crippen LogP contribution is 2.58. The first-order valence-corrected chi connectivity index (χ1v) is 17.9. The molecule has 2 heterocycles. The fraction of sp³-hybridized carbons (Fsp3) is 0.0612. The van der Waals surface area contributed by atoms with Crippen LogP contribution in [0.5, 0.6) is 0 Å². The van der Waals surface area contributed by atoms with Crippen molar-refractivity contribution < 1.29 is 4.42 Å². The van der Waals surface area contributed by atoms with Crippen LogP contribution in [0.25, 0.3) is 105 Å². The Labute approximate surface area is 294 Å². The summed E-state index contributed by atoms with van der Waals surface area (Å²) in [5, 5.41) is 7.44. The Hall–Kier alpha value is -6.38. The zero-order valence-electron chi connectivity index (χ0n) is 28.3. The van der Waals surface area contributed by atoms with Crippen LogP contribution in [0.1, 0.15) is 25.0 Å². The molecule has 2 aliphatic carbocycles. The Balaban J connectivity index is 1.21. The van der Waals surface area contributed by atoms with Gasteiger partial charge in [-0.1, -0.05) is 141 Å². The van der Waals surface area contributed by atoms with E-state index < -0.39 is 0 Å². The van der Waals surface area contributed by atoms with E-state index in [0.717, 1.165) is 16.9 Å². The molecular weight excluding hydrogens is 619 g/mol. The van der Waals surface area contributed by atoms with Crippen molar-refractivity contribution in [3.8, 4) is 50.2 Å². The Morgan fingerprint density at radius 3 is 2.00 bits per heavy atom. The van der Waals surface area contributed by atoms with Gasteiger partial charge in [-0.05, 0) is 85.1 Å². The van der Waals surface area contributed by atoms with E-state index in [2.05, 4.69) is 170 Å². The van der Waals surface area contributed by atoms with Crippen LogP contribution in [0.3, 0.4) is 0 Å². The molecule has 2 aromatic heterocycles. The number of fused-ring (bicyclic) bond motifs is 15. The van der Waals surface area contributed by atoms with Crippen molar-refractivity contribution >= 4 is 54.5 Å². The van der Waals surface area contributed by atoms with Crippen LogP contribution < -0.4 is 0 Å². The van der Waals surface area contributed by atoms with Gasteiger partial charge >= 0.3 is 0 Å². The standard InChI is InChI=1S/C49H31NO/c1-49(2)39-22-8-5-17-36(39)43-46(49)44-38-19-7-10-24-41(38)51-48(44)45-37-18-6-9-23-40(37)50(47(43)45)29-14-11-13-28(27-29)30-25-26-35-32-16-4-3-15-31(32)34-21-12-20-33(30)42(34)35/h3-27H,1-2H3. The molecule has 0 N–H and O–H groups in total. The van der Waals surface area contributed by atoms with Crippen LogP contribution in [-0.4, -0.2) is 4.57 Å². The molecule has 0 saturated carbocycles. The fourth-order valence-electron chi connectivity index (χ4n) is 9.83. The Bertz CT molecular complexity index is 3140. The summed E-state index contributed by atoms with van der Waals surface area (Å²) >= 11 is 0. The van der Waals surface area contributed by atoms with E-state index in [-0.39, 0.29) is 5.41 Å². The number of para-hydroxylation sites is 2. The van der Waals surface area contributed by atoms with Crippen molar-refractivity contribution in [2.45, 2.75) is 19.3 Å². The van der Waals surface area contributed by atoms with Gasteiger partial charge in [-0.3, -0.25) is 0 Å². The van der Waals surface area contributed by atoms with Crippen molar-refractivity contribution in [3.05, 3.63) is 163 Å². The van der Waals surface area contributed by atoms with E-state index in [9.17, 15) is 0 Å². The Morgan fingerprint density at radius 2 is 1.14 bits per heavy atom. The van der Waals surface area contributed by atoms with Crippen LogP contribution in [0, 0.1) is 0 Å². The molecule has 0 unspecified atom stereocenters. The SMILES string of the molecule is CC1(C)c2ccccc2-c2c1c1c3ccccc3oc1c1c3ccccc3n(-c3cccc(-c4ccc5c6c(cccc46)-c4ccccc4-5)c3)c21. The number of benzene rings is 8. The zero-order valence-corrected chi connectivity index (χ0v) is 28.3. The van der Waals surface area contributed by atoms with Crippen LogP contribution in [0.4, 0.5) is 0 Å². The second kappa shape index (κ2) is 9.44. The molecule has 0 spiro atoms. The monoisotopic (exact) mass is 649 g/mol. The molecule has 2 aliphatic rings. The van der Waals surface area contributed by atoms with Crippen molar-refractivity contribution in [2.75, 3.05) is 0 Å². The average Bonchev–Trinajstić information content (AvgIpc) is 3.88. The number of furan rings is 1. The van der Waals surface area contributed by atoms with Gasteiger partial charge in [-0.15, -0.1) is 0 Å². The lowest BCUT2D eigenvalue weighted by Gasteiger charge is -2.22. The highest BCUT2D eigenvalue weighted by molar-refractivity contribution is 6.30. The second-order valence-corrected chi connectivity index (χ2v) is 14.8. The average molecular weight is 650 g/mol. The minimum atomic E-state index is -0.212. The van der Waals surface area contributed by atoms with E-state index in [1.807, 2.05) is 0 Å². The summed E-state index contributed by atoms with van der Waals surface area (Å²) in [6.07, 6.45) is 0. The summed E-state index contributed by atoms with van der Waals surface area (Å²) < 4.78 is 9.43. The Morgan fingerprint density at radius 1 is 0.490 bits per heavy atom. The normalized spacial score (nSPS) is 13.8. The lowest BCUT2D eigenvalue weighted by Crippen LogP contribution is -2.15. The number of rotatable bonds is 2. The molecule has 0 amide bonds. The highest BCUT2D eigenvalue weighted by atomic mass is 16.3. The molecule has 0 aliphatic heterocycles. The third-order valence-electron chi connectivity index (χ3n) is 11.9. The molecule has 0 radical (unpaired) electrons. The number of aromatic nitrogens is 1. The molecule has 51 heavy (non-hydrogen) atoms. The van der Waals surface area contributed by atoms with Crippen LogP contribution in [-0.2, 0) is 5.41 Å². The second-order valence-electron chi connectivity index (χ2n) is 14.8. The zero-order chi connectivity index (χ0) is 33.6. The minimum absolute atomic E-state index is 0.212.